The fraction of sp³-hybridized carbons (Fsp3) is 0.462. The number of benzene rings is 1. The minimum atomic E-state index is 0.306. The van der Waals surface area contributed by atoms with E-state index in [1.54, 1.807) is 0 Å². The molecule has 0 aliphatic rings. The second-order valence-electron chi connectivity index (χ2n) is 3.84. The molecule has 3 nitrogen and oxygen atoms in total. The Morgan fingerprint density at radius 2 is 1.94 bits per heavy atom. The van der Waals surface area contributed by atoms with E-state index in [1.807, 2.05) is 30.3 Å². The Balaban J connectivity index is 2.12. The van der Waals surface area contributed by atoms with E-state index >= 15 is 0 Å². The SMILES string of the molecule is NCCNCCCC(=O)Cc1ccccc1. The molecule has 3 heteroatoms. The van der Waals surface area contributed by atoms with Crippen LogP contribution in [0.25, 0.3) is 0 Å². The van der Waals surface area contributed by atoms with Gasteiger partial charge in [0.15, 0.2) is 0 Å². The molecular formula is C13H20N2O. The van der Waals surface area contributed by atoms with Crippen LogP contribution in [0.3, 0.4) is 0 Å². The van der Waals surface area contributed by atoms with Crippen molar-refractivity contribution < 1.29 is 4.79 Å². The van der Waals surface area contributed by atoms with Gasteiger partial charge in [-0.05, 0) is 18.5 Å². The lowest BCUT2D eigenvalue weighted by Crippen LogP contribution is -2.23. The highest BCUT2D eigenvalue weighted by atomic mass is 16.1. The van der Waals surface area contributed by atoms with Gasteiger partial charge in [-0.2, -0.15) is 0 Å². The van der Waals surface area contributed by atoms with E-state index in [1.165, 1.54) is 0 Å². The molecule has 0 fully saturated rings. The van der Waals surface area contributed by atoms with Crippen LogP contribution in [-0.2, 0) is 11.2 Å². The topological polar surface area (TPSA) is 55.1 Å². The van der Waals surface area contributed by atoms with Crippen LogP contribution in [0.1, 0.15) is 18.4 Å². The Labute approximate surface area is 97.0 Å². The van der Waals surface area contributed by atoms with Crippen molar-refractivity contribution in [2.75, 3.05) is 19.6 Å². The molecule has 0 aromatic heterocycles. The largest absolute Gasteiger partial charge is 0.329 e. The smallest absolute Gasteiger partial charge is 0.137 e. The predicted octanol–water partition coefficient (Wildman–Crippen LogP) is 1.13. The van der Waals surface area contributed by atoms with Gasteiger partial charge < -0.3 is 11.1 Å². The van der Waals surface area contributed by atoms with Gasteiger partial charge in [0.25, 0.3) is 0 Å². The van der Waals surface area contributed by atoms with Crippen molar-refractivity contribution in [1.29, 1.82) is 0 Å². The van der Waals surface area contributed by atoms with Gasteiger partial charge in [0, 0.05) is 25.9 Å². The summed E-state index contributed by atoms with van der Waals surface area (Å²) in [4.78, 5) is 11.6. The molecule has 16 heavy (non-hydrogen) atoms. The summed E-state index contributed by atoms with van der Waals surface area (Å²) in [6, 6.07) is 9.87. The van der Waals surface area contributed by atoms with Gasteiger partial charge in [-0.25, -0.2) is 0 Å². The Hall–Kier alpha value is -1.19. The van der Waals surface area contributed by atoms with Crippen molar-refractivity contribution in [3.63, 3.8) is 0 Å². The highest BCUT2D eigenvalue weighted by Crippen LogP contribution is 2.02. The molecule has 0 bridgehead atoms. The molecule has 1 rings (SSSR count). The van der Waals surface area contributed by atoms with E-state index in [0.29, 0.717) is 25.2 Å². The second-order valence-corrected chi connectivity index (χ2v) is 3.84. The molecule has 0 atom stereocenters. The molecule has 0 saturated carbocycles. The van der Waals surface area contributed by atoms with Crippen LogP contribution in [0, 0.1) is 0 Å². The van der Waals surface area contributed by atoms with Crippen molar-refractivity contribution in [3.8, 4) is 0 Å². The number of hydrogen-bond acceptors (Lipinski definition) is 3. The van der Waals surface area contributed by atoms with Gasteiger partial charge in [-0.1, -0.05) is 30.3 Å². The number of nitrogens with two attached hydrogens (primary N) is 1. The highest BCUT2D eigenvalue weighted by molar-refractivity contribution is 5.80. The molecule has 0 spiro atoms. The molecule has 0 aliphatic carbocycles. The van der Waals surface area contributed by atoms with Crippen LogP contribution >= 0.6 is 0 Å². The Bertz CT molecular complexity index is 298. The first-order chi connectivity index (χ1) is 7.83. The van der Waals surface area contributed by atoms with Gasteiger partial charge in [0.05, 0.1) is 0 Å². The number of carbonyl (C=O) groups excluding carboxylic acids is 1. The van der Waals surface area contributed by atoms with Gasteiger partial charge in [-0.3, -0.25) is 4.79 Å². The first kappa shape index (κ1) is 12.9. The lowest BCUT2D eigenvalue weighted by Gasteiger charge is -2.03. The van der Waals surface area contributed by atoms with Crippen LogP contribution in [0.5, 0.6) is 0 Å². The molecule has 88 valence electrons. The lowest BCUT2D eigenvalue weighted by atomic mass is 10.1. The number of Topliss-reactive ketones (excluding diaryl/α,β-unsaturated/α-hetero) is 1. The number of nitrogens with one attached hydrogen (secondary N) is 1. The molecule has 0 aliphatic heterocycles. The summed E-state index contributed by atoms with van der Waals surface area (Å²) in [6.45, 7) is 2.35. The molecule has 0 amide bonds. The van der Waals surface area contributed by atoms with Crippen molar-refractivity contribution in [2.45, 2.75) is 19.3 Å². The van der Waals surface area contributed by atoms with Crippen molar-refractivity contribution >= 4 is 5.78 Å². The molecule has 0 radical (unpaired) electrons. The standard InChI is InChI=1S/C13H20N2O/c14-8-10-15-9-4-7-13(16)11-12-5-2-1-3-6-12/h1-3,5-6,15H,4,7-11,14H2. The first-order valence-electron chi connectivity index (χ1n) is 5.79. The van der Waals surface area contributed by atoms with Crippen LogP contribution < -0.4 is 11.1 Å². The lowest BCUT2D eigenvalue weighted by molar-refractivity contribution is -0.118. The minimum Gasteiger partial charge on any atom is -0.329 e. The van der Waals surface area contributed by atoms with Crippen LogP contribution in [-0.4, -0.2) is 25.4 Å². The average Bonchev–Trinajstić information content (AvgIpc) is 2.30. The molecule has 1 aromatic rings. The summed E-state index contributed by atoms with van der Waals surface area (Å²) in [7, 11) is 0. The number of ketones is 1. The zero-order valence-corrected chi connectivity index (χ0v) is 9.61. The monoisotopic (exact) mass is 220 g/mol. The van der Waals surface area contributed by atoms with Gasteiger partial charge in [-0.15, -0.1) is 0 Å². The molecule has 0 heterocycles. The fourth-order valence-corrected chi connectivity index (χ4v) is 1.55. The zero-order valence-electron chi connectivity index (χ0n) is 9.61. The highest BCUT2D eigenvalue weighted by Gasteiger charge is 2.02. The summed E-state index contributed by atoms with van der Waals surface area (Å²) in [5.74, 6) is 0.306. The molecule has 3 N–H and O–H groups in total. The number of hydrogen-bond donors (Lipinski definition) is 2. The summed E-state index contributed by atoms with van der Waals surface area (Å²) in [6.07, 6.45) is 2.09. The Morgan fingerprint density at radius 1 is 1.19 bits per heavy atom. The van der Waals surface area contributed by atoms with Crippen molar-refractivity contribution in [3.05, 3.63) is 35.9 Å². The molecule has 0 saturated heterocycles. The van der Waals surface area contributed by atoms with Crippen molar-refractivity contribution in [2.24, 2.45) is 5.73 Å². The van der Waals surface area contributed by atoms with E-state index in [0.717, 1.165) is 25.1 Å². The summed E-state index contributed by atoms with van der Waals surface area (Å²) >= 11 is 0. The third kappa shape index (κ3) is 5.63. The maximum absolute atomic E-state index is 11.6. The maximum Gasteiger partial charge on any atom is 0.137 e. The van der Waals surface area contributed by atoms with E-state index < -0.39 is 0 Å². The summed E-state index contributed by atoms with van der Waals surface area (Å²) in [5.41, 5.74) is 6.44. The van der Waals surface area contributed by atoms with Gasteiger partial charge in [0.1, 0.15) is 5.78 Å². The second kappa shape index (κ2) is 8.02. The third-order valence-electron chi connectivity index (χ3n) is 2.37. The normalized spacial score (nSPS) is 10.3. The minimum absolute atomic E-state index is 0.306. The third-order valence-corrected chi connectivity index (χ3v) is 2.37. The maximum atomic E-state index is 11.6. The van der Waals surface area contributed by atoms with Crippen LogP contribution in [0.4, 0.5) is 0 Å². The van der Waals surface area contributed by atoms with Crippen molar-refractivity contribution in [1.82, 2.24) is 5.32 Å². The average molecular weight is 220 g/mol. The predicted molar refractivity (Wildman–Crippen MR) is 66.3 cm³/mol. The quantitative estimate of drug-likeness (QED) is 0.646. The summed E-state index contributed by atoms with van der Waals surface area (Å²) < 4.78 is 0. The fourth-order valence-electron chi connectivity index (χ4n) is 1.55. The number of rotatable bonds is 8. The molecule has 0 unspecified atom stereocenters. The van der Waals surface area contributed by atoms with E-state index in [9.17, 15) is 4.79 Å². The van der Waals surface area contributed by atoms with Gasteiger partial charge >= 0.3 is 0 Å². The Morgan fingerprint density at radius 3 is 2.62 bits per heavy atom. The Kier molecular flexibility index (Phi) is 6.45. The van der Waals surface area contributed by atoms with Gasteiger partial charge in [0.2, 0.25) is 0 Å². The van der Waals surface area contributed by atoms with Crippen LogP contribution in [0.2, 0.25) is 0 Å². The van der Waals surface area contributed by atoms with E-state index in [2.05, 4.69) is 5.32 Å². The zero-order chi connectivity index (χ0) is 11.6. The van der Waals surface area contributed by atoms with E-state index in [4.69, 9.17) is 5.73 Å². The summed E-state index contributed by atoms with van der Waals surface area (Å²) in [5, 5.41) is 3.18. The first-order valence-corrected chi connectivity index (χ1v) is 5.79. The van der Waals surface area contributed by atoms with Crippen LogP contribution in [0.15, 0.2) is 30.3 Å². The molecular weight excluding hydrogens is 200 g/mol. The van der Waals surface area contributed by atoms with E-state index in [-0.39, 0.29) is 0 Å². The molecule has 1 aromatic carbocycles. The number of carbonyl (C=O) groups is 1.